The van der Waals surface area contributed by atoms with Gasteiger partial charge in [-0.25, -0.2) is 4.39 Å². The summed E-state index contributed by atoms with van der Waals surface area (Å²) in [6.07, 6.45) is 4.40. The maximum absolute atomic E-state index is 13.4. The van der Waals surface area contributed by atoms with Crippen LogP contribution in [0, 0.1) is 5.82 Å². The summed E-state index contributed by atoms with van der Waals surface area (Å²) >= 11 is 3.21. The molecule has 2 heterocycles. The van der Waals surface area contributed by atoms with Gasteiger partial charge in [0.1, 0.15) is 5.82 Å². The van der Waals surface area contributed by atoms with Crippen molar-refractivity contribution in [2.45, 2.75) is 34.8 Å². The number of fused-ring (bicyclic) bond motifs is 4. The molecule has 1 aliphatic heterocycles. The van der Waals surface area contributed by atoms with Crippen LogP contribution in [0.15, 0.2) is 27.3 Å². The second kappa shape index (κ2) is 4.60. The lowest BCUT2D eigenvalue weighted by Gasteiger charge is -2.12. The van der Waals surface area contributed by atoms with Crippen molar-refractivity contribution in [3.8, 4) is 0 Å². The third-order valence-electron chi connectivity index (χ3n) is 3.76. The van der Waals surface area contributed by atoms with E-state index in [0.717, 1.165) is 33.9 Å². The number of amides is 1. The van der Waals surface area contributed by atoms with Crippen LogP contribution in [0.4, 0.5) is 10.1 Å². The van der Waals surface area contributed by atoms with Gasteiger partial charge < -0.3 is 5.32 Å². The van der Waals surface area contributed by atoms with Gasteiger partial charge in [-0.05, 0) is 49.4 Å². The summed E-state index contributed by atoms with van der Waals surface area (Å²) in [4.78, 5) is 14.6. The van der Waals surface area contributed by atoms with Gasteiger partial charge in [-0.3, -0.25) is 4.79 Å². The Morgan fingerprint density at radius 3 is 2.95 bits per heavy atom. The molecule has 5 heteroatoms. The average Bonchev–Trinajstić information content (AvgIpc) is 2.73. The van der Waals surface area contributed by atoms with Crippen LogP contribution in [0.25, 0.3) is 0 Å². The van der Waals surface area contributed by atoms with Gasteiger partial charge in [0.05, 0.1) is 15.5 Å². The Kier molecular flexibility index (Phi) is 2.86. The number of thiophene rings is 1. The Morgan fingerprint density at radius 2 is 2.05 bits per heavy atom. The van der Waals surface area contributed by atoms with Gasteiger partial charge in [-0.1, -0.05) is 11.8 Å². The molecular weight excluding hydrogens is 293 g/mol. The van der Waals surface area contributed by atoms with Crippen molar-refractivity contribution in [1.29, 1.82) is 0 Å². The monoisotopic (exact) mass is 305 g/mol. The molecule has 1 N–H and O–H groups in total. The fourth-order valence-electron chi connectivity index (χ4n) is 2.81. The molecule has 2 nitrogen and oxygen atoms in total. The molecule has 20 heavy (non-hydrogen) atoms. The molecule has 2 aliphatic rings. The number of rotatable bonds is 0. The smallest absolute Gasteiger partial charge is 0.258 e. The number of hydrogen-bond donors (Lipinski definition) is 1. The predicted molar refractivity (Wildman–Crippen MR) is 79.4 cm³/mol. The summed E-state index contributed by atoms with van der Waals surface area (Å²) in [5.74, 6) is -0.312. The van der Waals surface area contributed by atoms with E-state index in [-0.39, 0.29) is 11.7 Å². The number of nitrogens with one attached hydrogen (secondary N) is 1. The number of aryl methyl sites for hydroxylation is 1. The van der Waals surface area contributed by atoms with Gasteiger partial charge in [0, 0.05) is 9.77 Å². The molecule has 2 aromatic rings. The highest BCUT2D eigenvalue weighted by molar-refractivity contribution is 8.01. The van der Waals surface area contributed by atoms with Crippen molar-refractivity contribution in [3.63, 3.8) is 0 Å². The molecule has 1 aromatic carbocycles. The maximum atomic E-state index is 13.4. The van der Waals surface area contributed by atoms with Crippen molar-refractivity contribution < 1.29 is 9.18 Å². The molecule has 0 saturated heterocycles. The fourth-order valence-corrected chi connectivity index (χ4v) is 5.58. The third-order valence-corrected chi connectivity index (χ3v) is 6.29. The second-order valence-corrected chi connectivity index (χ2v) is 7.49. The molecule has 0 unspecified atom stereocenters. The van der Waals surface area contributed by atoms with Gasteiger partial charge in [-0.15, -0.1) is 11.3 Å². The van der Waals surface area contributed by atoms with E-state index in [0.29, 0.717) is 5.69 Å². The minimum Gasteiger partial charge on any atom is -0.321 e. The van der Waals surface area contributed by atoms with Crippen LogP contribution in [0.2, 0.25) is 0 Å². The van der Waals surface area contributed by atoms with E-state index >= 15 is 0 Å². The van der Waals surface area contributed by atoms with Crippen molar-refractivity contribution in [2.24, 2.45) is 0 Å². The first kappa shape index (κ1) is 12.4. The zero-order valence-corrected chi connectivity index (χ0v) is 12.3. The molecule has 0 saturated carbocycles. The van der Waals surface area contributed by atoms with E-state index in [1.165, 1.54) is 40.8 Å². The zero-order chi connectivity index (χ0) is 13.7. The van der Waals surface area contributed by atoms with Crippen LogP contribution in [-0.2, 0) is 12.8 Å². The van der Waals surface area contributed by atoms with Crippen LogP contribution in [0.5, 0.6) is 0 Å². The summed E-state index contributed by atoms with van der Waals surface area (Å²) in [6.45, 7) is 0. The fraction of sp³-hybridized carbons (Fsp3) is 0.267. The van der Waals surface area contributed by atoms with Crippen molar-refractivity contribution >= 4 is 34.7 Å². The first-order valence-corrected chi connectivity index (χ1v) is 8.29. The van der Waals surface area contributed by atoms with E-state index in [1.54, 1.807) is 17.4 Å². The molecular formula is C15H12FNOS2. The van der Waals surface area contributed by atoms with E-state index in [4.69, 9.17) is 0 Å². The molecule has 1 aliphatic carbocycles. The molecule has 1 amide bonds. The Labute approximate surface area is 124 Å². The molecule has 1 aromatic heterocycles. The Morgan fingerprint density at radius 1 is 1.20 bits per heavy atom. The van der Waals surface area contributed by atoms with Crippen LogP contribution in [-0.4, -0.2) is 5.91 Å². The number of hydrogen-bond acceptors (Lipinski definition) is 3. The molecule has 102 valence electrons. The third kappa shape index (κ3) is 1.88. The largest absolute Gasteiger partial charge is 0.321 e. The SMILES string of the molecule is O=C1Nc2ccc(F)cc2Sc2sc3c(c21)CCCC3. The van der Waals surface area contributed by atoms with Gasteiger partial charge in [-0.2, -0.15) is 0 Å². The first-order valence-electron chi connectivity index (χ1n) is 6.65. The zero-order valence-electron chi connectivity index (χ0n) is 10.7. The average molecular weight is 305 g/mol. The van der Waals surface area contributed by atoms with Crippen molar-refractivity contribution in [1.82, 2.24) is 0 Å². The summed E-state index contributed by atoms with van der Waals surface area (Å²) in [6, 6.07) is 4.52. The number of halogens is 1. The Hall–Kier alpha value is -1.33. The molecule has 0 atom stereocenters. The van der Waals surface area contributed by atoms with Crippen LogP contribution < -0.4 is 5.32 Å². The van der Waals surface area contributed by atoms with E-state index in [1.807, 2.05) is 0 Å². The summed E-state index contributed by atoms with van der Waals surface area (Å²) < 4.78 is 14.4. The van der Waals surface area contributed by atoms with E-state index < -0.39 is 0 Å². The van der Waals surface area contributed by atoms with Crippen molar-refractivity contribution in [3.05, 3.63) is 40.0 Å². The van der Waals surface area contributed by atoms with E-state index in [9.17, 15) is 9.18 Å². The molecule has 0 radical (unpaired) electrons. The number of benzene rings is 1. The Balaban J connectivity index is 1.88. The molecule has 0 fully saturated rings. The first-order chi connectivity index (χ1) is 9.72. The number of carbonyl (C=O) groups excluding carboxylic acids is 1. The van der Waals surface area contributed by atoms with Gasteiger partial charge in [0.2, 0.25) is 0 Å². The number of anilines is 1. The lowest BCUT2D eigenvalue weighted by Crippen LogP contribution is -2.14. The predicted octanol–water partition coefficient (Wildman–Crippen LogP) is 4.48. The Bertz CT molecular complexity index is 723. The van der Waals surface area contributed by atoms with Crippen LogP contribution >= 0.6 is 23.1 Å². The van der Waals surface area contributed by atoms with Crippen molar-refractivity contribution in [2.75, 3.05) is 5.32 Å². The van der Waals surface area contributed by atoms with Crippen LogP contribution in [0.3, 0.4) is 0 Å². The highest BCUT2D eigenvalue weighted by atomic mass is 32.2. The highest BCUT2D eigenvalue weighted by Gasteiger charge is 2.29. The topological polar surface area (TPSA) is 29.1 Å². The van der Waals surface area contributed by atoms with Crippen LogP contribution in [0.1, 0.15) is 33.6 Å². The van der Waals surface area contributed by atoms with Gasteiger partial charge in [0.15, 0.2) is 0 Å². The standard InChI is InChI=1S/C15H12FNOS2/c16-8-5-6-10-12(7-8)20-15-13(14(18)17-10)9-3-1-2-4-11(9)19-15/h5-7H,1-4H2,(H,17,18). The number of carbonyl (C=O) groups is 1. The summed E-state index contributed by atoms with van der Waals surface area (Å²) in [5, 5.41) is 2.92. The lowest BCUT2D eigenvalue weighted by molar-refractivity contribution is 0.102. The highest BCUT2D eigenvalue weighted by Crippen LogP contribution is 2.46. The van der Waals surface area contributed by atoms with E-state index in [2.05, 4.69) is 5.32 Å². The normalized spacial score (nSPS) is 16.8. The quantitative estimate of drug-likeness (QED) is 0.777. The molecule has 0 bridgehead atoms. The second-order valence-electron chi connectivity index (χ2n) is 5.07. The van der Waals surface area contributed by atoms with Gasteiger partial charge >= 0.3 is 0 Å². The molecule has 0 spiro atoms. The van der Waals surface area contributed by atoms with Gasteiger partial charge in [0.25, 0.3) is 5.91 Å². The lowest BCUT2D eigenvalue weighted by atomic mass is 9.95. The maximum Gasteiger partial charge on any atom is 0.258 e. The minimum absolute atomic E-state index is 0.0442. The molecule has 4 rings (SSSR count). The summed E-state index contributed by atoms with van der Waals surface area (Å²) in [7, 11) is 0. The summed E-state index contributed by atoms with van der Waals surface area (Å²) in [5.41, 5.74) is 2.75. The minimum atomic E-state index is -0.268.